The standard InChI is InChI=1S/C31H36N4O2S/c1-3-4-19-35(31(37)33-26-14-16-27(38-2)17-15-26)23-30(36)34(22-24-10-6-5-7-11-24)20-18-25-21-32-29-13-9-8-12-28(25)29/h5-17,21,32H,3-4,18-20,22-23H2,1-2H3,(H,33,37). The summed E-state index contributed by atoms with van der Waals surface area (Å²) in [4.78, 5) is 34.9. The van der Waals surface area contributed by atoms with Gasteiger partial charge in [-0.05, 0) is 60.6 Å². The number of thioether (sulfide) groups is 1. The fourth-order valence-corrected chi connectivity index (χ4v) is 4.84. The van der Waals surface area contributed by atoms with Crippen molar-refractivity contribution in [2.75, 3.05) is 31.2 Å². The van der Waals surface area contributed by atoms with Crippen molar-refractivity contribution in [1.29, 1.82) is 0 Å². The highest BCUT2D eigenvalue weighted by Crippen LogP contribution is 2.20. The summed E-state index contributed by atoms with van der Waals surface area (Å²) < 4.78 is 0. The molecule has 198 valence electrons. The maximum Gasteiger partial charge on any atom is 0.322 e. The van der Waals surface area contributed by atoms with E-state index in [4.69, 9.17) is 0 Å². The van der Waals surface area contributed by atoms with E-state index in [9.17, 15) is 9.59 Å². The second kappa shape index (κ2) is 13.7. The molecule has 0 saturated carbocycles. The zero-order valence-corrected chi connectivity index (χ0v) is 23.0. The van der Waals surface area contributed by atoms with Crippen LogP contribution < -0.4 is 5.32 Å². The lowest BCUT2D eigenvalue weighted by atomic mass is 10.1. The number of fused-ring (bicyclic) bond motifs is 1. The molecule has 0 spiro atoms. The topological polar surface area (TPSA) is 68.4 Å². The predicted octanol–water partition coefficient (Wildman–Crippen LogP) is 6.80. The second-order valence-corrected chi connectivity index (χ2v) is 10.2. The smallest absolute Gasteiger partial charge is 0.322 e. The Balaban J connectivity index is 1.48. The summed E-state index contributed by atoms with van der Waals surface area (Å²) in [5.41, 5.74) is 4.07. The minimum Gasteiger partial charge on any atom is -0.361 e. The van der Waals surface area contributed by atoms with Gasteiger partial charge < -0.3 is 20.1 Å². The SMILES string of the molecule is CCCCN(CC(=O)N(CCc1c[nH]c2ccccc12)Cc1ccccc1)C(=O)Nc1ccc(SC)cc1. The van der Waals surface area contributed by atoms with Crippen LogP contribution >= 0.6 is 11.8 Å². The van der Waals surface area contributed by atoms with Gasteiger partial charge in [-0.2, -0.15) is 0 Å². The first-order chi connectivity index (χ1) is 18.6. The molecule has 38 heavy (non-hydrogen) atoms. The van der Waals surface area contributed by atoms with Crippen LogP contribution in [-0.2, 0) is 17.8 Å². The molecule has 0 radical (unpaired) electrons. The fraction of sp³-hybridized carbons (Fsp3) is 0.290. The van der Waals surface area contributed by atoms with Crippen molar-refractivity contribution >= 4 is 40.3 Å². The summed E-state index contributed by atoms with van der Waals surface area (Å²) in [5, 5.41) is 4.15. The average molecular weight is 529 g/mol. The average Bonchev–Trinajstić information content (AvgIpc) is 3.37. The molecule has 2 N–H and O–H groups in total. The minimum absolute atomic E-state index is 0.0371. The zero-order valence-electron chi connectivity index (χ0n) is 22.2. The molecule has 0 fully saturated rings. The second-order valence-electron chi connectivity index (χ2n) is 9.34. The van der Waals surface area contributed by atoms with Crippen LogP contribution in [0.15, 0.2) is 90.0 Å². The summed E-state index contributed by atoms with van der Waals surface area (Å²) in [5.74, 6) is -0.0577. The highest BCUT2D eigenvalue weighted by atomic mass is 32.2. The Labute approximate surface area is 229 Å². The highest BCUT2D eigenvalue weighted by Gasteiger charge is 2.22. The van der Waals surface area contributed by atoms with Gasteiger partial charge in [0.1, 0.15) is 6.54 Å². The van der Waals surface area contributed by atoms with E-state index in [0.717, 1.165) is 40.9 Å². The Morgan fingerprint density at radius 3 is 2.37 bits per heavy atom. The van der Waals surface area contributed by atoms with E-state index in [2.05, 4.69) is 29.4 Å². The third-order valence-electron chi connectivity index (χ3n) is 6.63. The van der Waals surface area contributed by atoms with Gasteiger partial charge in [-0.3, -0.25) is 4.79 Å². The third-order valence-corrected chi connectivity index (χ3v) is 7.37. The number of aromatic nitrogens is 1. The molecule has 0 aliphatic rings. The first kappa shape index (κ1) is 27.3. The number of amides is 3. The monoisotopic (exact) mass is 528 g/mol. The Hall–Kier alpha value is -3.71. The number of anilines is 1. The van der Waals surface area contributed by atoms with Crippen molar-refractivity contribution in [1.82, 2.24) is 14.8 Å². The van der Waals surface area contributed by atoms with Gasteiger partial charge in [0.15, 0.2) is 0 Å². The lowest BCUT2D eigenvalue weighted by Gasteiger charge is -2.28. The number of nitrogens with one attached hydrogen (secondary N) is 2. The molecular formula is C31H36N4O2S. The largest absolute Gasteiger partial charge is 0.361 e. The molecule has 1 aromatic heterocycles. The molecule has 0 saturated heterocycles. The fourth-order valence-electron chi connectivity index (χ4n) is 4.43. The molecule has 0 bridgehead atoms. The highest BCUT2D eigenvalue weighted by molar-refractivity contribution is 7.98. The number of para-hydroxylation sites is 1. The van der Waals surface area contributed by atoms with Crippen LogP contribution in [-0.4, -0.2) is 52.6 Å². The zero-order chi connectivity index (χ0) is 26.7. The molecule has 0 atom stereocenters. The number of unbranched alkanes of at least 4 members (excludes halogenated alkanes) is 1. The Bertz CT molecular complexity index is 1320. The molecule has 6 nitrogen and oxygen atoms in total. The molecule has 7 heteroatoms. The summed E-state index contributed by atoms with van der Waals surface area (Å²) in [6.07, 6.45) is 6.55. The maximum absolute atomic E-state index is 13.7. The van der Waals surface area contributed by atoms with Gasteiger partial charge in [-0.1, -0.05) is 61.9 Å². The van der Waals surface area contributed by atoms with Crippen LogP contribution in [0.25, 0.3) is 10.9 Å². The summed E-state index contributed by atoms with van der Waals surface area (Å²) in [7, 11) is 0. The van der Waals surface area contributed by atoms with E-state index in [1.54, 1.807) is 16.7 Å². The quantitative estimate of drug-likeness (QED) is 0.199. The van der Waals surface area contributed by atoms with Crippen LogP contribution in [0.5, 0.6) is 0 Å². The van der Waals surface area contributed by atoms with Crippen LogP contribution in [0.2, 0.25) is 0 Å². The molecule has 0 aliphatic carbocycles. The first-order valence-electron chi connectivity index (χ1n) is 13.1. The lowest BCUT2D eigenvalue weighted by molar-refractivity contribution is -0.132. The van der Waals surface area contributed by atoms with Gasteiger partial charge in [0.25, 0.3) is 0 Å². The number of urea groups is 1. The number of H-pyrrole nitrogens is 1. The van der Waals surface area contributed by atoms with E-state index in [1.807, 2.05) is 84.1 Å². The third kappa shape index (κ3) is 7.42. The summed E-state index contributed by atoms with van der Waals surface area (Å²) in [6.45, 7) is 3.71. The van der Waals surface area contributed by atoms with Crippen LogP contribution in [0.4, 0.5) is 10.5 Å². The molecule has 4 rings (SSSR count). The lowest BCUT2D eigenvalue weighted by Crippen LogP contribution is -2.45. The predicted molar refractivity (Wildman–Crippen MR) is 158 cm³/mol. The number of aromatic amines is 1. The van der Waals surface area contributed by atoms with Crippen molar-refractivity contribution < 1.29 is 9.59 Å². The Morgan fingerprint density at radius 1 is 0.895 bits per heavy atom. The van der Waals surface area contributed by atoms with Crippen LogP contribution in [0.3, 0.4) is 0 Å². The maximum atomic E-state index is 13.7. The minimum atomic E-state index is -0.250. The van der Waals surface area contributed by atoms with Gasteiger partial charge in [0.05, 0.1) is 0 Å². The first-order valence-corrected chi connectivity index (χ1v) is 14.4. The number of nitrogens with zero attached hydrogens (tertiary/aromatic N) is 2. The Morgan fingerprint density at radius 2 is 1.63 bits per heavy atom. The van der Waals surface area contributed by atoms with Crippen molar-refractivity contribution in [3.05, 3.63) is 96.2 Å². The van der Waals surface area contributed by atoms with Crippen LogP contribution in [0, 0.1) is 0 Å². The van der Waals surface area contributed by atoms with Gasteiger partial charge in [-0.25, -0.2) is 4.79 Å². The number of hydrogen-bond acceptors (Lipinski definition) is 3. The Kier molecular flexibility index (Phi) is 9.87. The van der Waals surface area contributed by atoms with Crippen molar-refractivity contribution in [2.45, 2.75) is 37.6 Å². The number of carbonyl (C=O) groups excluding carboxylic acids is 2. The molecule has 3 amide bonds. The number of benzene rings is 3. The van der Waals surface area contributed by atoms with E-state index < -0.39 is 0 Å². The molecule has 4 aromatic rings. The number of hydrogen-bond donors (Lipinski definition) is 2. The number of rotatable bonds is 12. The van der Waals surface area contributed by atoms with E-state index in [0.29, 0.717) is 19.6 Å². The molecule has 0 aliphatic heterocycles. The van der Waals surface area contributed by atoms with Gasteiger partial charge in [-0.15, -0.1) is 11.8 Å². The normalized spacial score (nSPS) is 10.9. The van der Waals surface area contributed by atoms with Crippen LogP contribution in [0.1, 0.15) is 30.9 Å². The molecule has 1 heterocycles. The van der Waals surface area contributed by atoms with E-state index in [1.165, 1.54) is 10.9 Å². The van der Waals surface area contributed by atoms with Crippen molar-refractivity contribution in [3.63, 3.8) is 0 Å². The van der Waals surface area contributed by atoms with Gasteiger partial charge in [0.2, 0.25) is 5.91 Å². The van der Waals surface area contributed by atoms with Crippen molar-refractivity contribution in [3.8, 4) is 0 Å². The summed E-state index contributed by atoms with van der Waals surface area (Å²) >= 11 is 1.65. The molecule has 0 unspecified atom stereocenters. The van der Waals surface area contributed by atoms with E-state index >= 15 is 0 Å². The van der Waals surface area contributed by atoms with Crippen molar-refractivity contribution in [2.24, 2.45) is 0 Å². The molecular weight excluding hydrogens is 492 g/mol. The van der Waals surface area contributed by atoms with Gasteiger partial charge in [0, 0.05) is 47.3 Å². The summed E-state index contributed by atoms with van der Waals surface area (Å²) in [6, 6.07) is 25.7. The number of carbonyl (C=O) groups is 2. The van der Waals surface area contributed by atoms with Gasteiger partial charge >= 0.3 is 6.03 Å². The van der Waals surface area contributed by atoms with E-state index in [-0.39, 0.29) is 18.5 Å². The molecule has 3 aromatic carbocycles.